The van der Waals surface area contributed by atoms with Crippen LogP contribution >= 0.6 is 0 Å². The Morgan fingerprint density at radius 2 is 1.58 bits per heavy atom. The van der Waals surface area contributed by atoms with Crippen LogP contribution in [0.15, 0.2) is 60.7 Å². The van der Waals surface area contributed by atoms with E-state index in [4.69, 9.17) is 10.5 Å². The number of para-hydroxylation sites is 1. The zero-order valence-corrected chi connectivity index (χ0v) is 13.4. The third kappa shape index (κ3) is 5.31. The number of primary amides is 1. The maximum atomic E-state index is 12.2. The van der Waals surface area contributed by atoms with Gasteiger partial charge < -0.3 is 21.1 Å². The summed E-state index contributed by atoms with van der Waals surface area (Å²) in [7, 11) is 0. The molecule has 0 heterocycles. The summed E-state index contributed by atoms with van der Waals surface area (Å²) in [6.07, 6.45) is 0. The van der Waals surface area contributed by atoms with Crippen molar-refractivity contribution in [3.8, 4) is 5.75 Å². The highest BCUT2D eigenvalue weighted by Gasteiger charge is 2.20. The minimum Gasteiger partial charge on any atom is -0.491 e. The lowest BCUT2D eigenvalue weighted by molar-refractivity contribution is -0.123. The maximum absolute atomic E-state index is 12.2. The molecule has 2 rings (SSSR count). The van der Waals surface area contributed by atoms with Crippen LogP contribution in [0.25, 0.3) is 0 Å². The lowest BCUT2D eigenvalue weighted by Crippen LogP contribution is -2.48. The molecule has 2 aromatic rings. The van der Waals surface area contributed by atoms with Gasteiger partial charge in [0.15, 0.2) is 0 Å². The van der Waals surface area contributed by atoms with E-state index >= 15 is 0 Å². The van der Waals surface area contributed by atoms with Crippen LogP contribution in [0, 0.1) is 0 Å². The standard InChI is InChI=1S/C18H21N3O3/c1-13(20-18(19)23)17(22)21-16(14-8-4-2-5-9-14)12-24-15-10-6-3-7-11-15/h2-11,13,16H,12H2,1H3,(H,21,22)(H3,19,20,23)/t13-,16+/m0/s1. The second-order valence-corrected chi connectivity index (χ2v) is 5.33. The molecule has 0 unspecified atom stereocenters. The number of amides is 3. The van der Waals surface area contributed by atoms with Crippen LogP contribution in [0.5, 0.6) is 5.75 Å². The van der Waals surface area contributed by atoms with E-state index in [1.54, 1.807) is 6.92 Å². The molecule has 2 atom stereocenters. The molecule has 0 saturated carbocycles. The van der Waals surface area contributed by atoms with Crippen LogP contribution < -0.4 is 21.1 Å². The van der Waals surface area contributed by atoms with Gasteiger partial charge >= 0.3 is 6.03 Å². The van der Waals surface area contributed by atoms with Crippen molar-refractivity contribution < 1.29 is 14.3 Å². The van der Waals surface area contributed by atoms with Gasteiger partial charge in [-0.15, -0.1) is 0 Å². The zero-order valence-electron chi connectivity index (χ0n) is 13.4. The van der Waals surface area contributed by atoms with Crippen molar-refractivity contribution in [3.05, 3.63) is 66.2 Å². The number of hydrogen-bond acceptors (Lipinski definition) is 3. The molecule has 6 nitrogen and oxygen atoms in total. The predicted molar refractivity (Wildman–Crippen MR) is 91.4 cm³/mol. The molecule has 0 aliphatic heterocycles. The highest BCUT2D eigenvalue weighted by molar-refractivity contribution is 5.86. The Bertz CT molecular complexity index is 662. The third-order valence-electron chi connectivity index (χ3n) is 3.43. The Balaban J connectivity index is 2.06. The minimum absolute atomic E-state index is 0.267. The molecule has 2 aromatic carbocycles. The molecule has 0 radical (unpaired) electrons. The van der Waals surface area contributed by atoms with Gasteiger partial charge in [-0.2, -0.15) is 0 Å². The summed E-state index contributed by atoms with van der Waals surface area (Å²) in [5, 5.41) is 5.23. The monoisotopic (exact) mass is 327 g/mol. The number of nitrogens with one attached hydrogen (secondary N) is 2. The van der Waals surface area contributed by atoms with Crippen LogP contribution in [0.1, 0.15) is 18.5 Å². The third-order valence-corrected chi connectivity index (χ3v) is 3.43. The number of urea groups is 1. The lowest BCUT2D eigenvalue weighted by Gasteiger charge is -2.22. The Kier molecular flexibility index (Phi) is 6.19. The van der Waals surface area contributed by atoms with Crippen LogP contribution in [0.4, 0.5) is 4.79 Å². The van der Waals surface area contributed by atoms with Crippen LogP contribution in [-0.4, -0.2) is 24.6 Å². The molecule has 0 saturated heterocycles. The zero-order chi connectivity index (χ0) is 17.4. The van der Waals surface area contributed by atoms with E-state index < -0.39 is 12.1 Å². The molecule has 3 amide bonds. The summed E-state index contributed by atoms with van der Waals surface area (Å²) in [4.78, 5) is 23.1. The highest BCUT2D eigenvalue weighted by atomic mass is 16.5. The van der Waals surface area contributed by atoms with Crippen LogP contribution in [0.3, 0.4) is 0 Å². The summed E-state index contributed by atoms with van der Waals surface area (Å²) in [5.74, 6) is 0.385. The minimum atomic E-state index is -0.741. The van der Waals surface area contributed by atoms with Crippen molar-refractivity contribution in [1.82, 2.24) is 10.6 Å². The summed E-state index contributed by atoms with van der Waals surface area (Å²) in [5.41, 5.74) is 5.96. The van der Waals surface area contributed by atoms with Gasteiger partial charge in [-0.25, -0.2) is 4.79 Å². The van der Waals surface area contributed by atoms with Gasteiger partial charge in [0.2, 0.25) is 5.91 Å². The van der Waals surface area contributed by atoms with Gasteiger partial charge in [0.1, 0.15) is 18.4 Å². The molecule has 4 N–H and O–H groups in total. The van der Waals surface area contributed by atoms with E-state index in [0.29, 0.717) is 0 Å². The number of nitrogens with two attached hydrogens (primary N) is 1. The van der Waals surface area contributed by atoms with E-state index in [1.807, 2.05) is 60.7 Å². The molecule has 0 spiro atoms. The number of hydrogen-bond donors (Lipinski definition) is 3. The summed E-state index contributed by atoms with van der Waals surface area (Å²) in [6.45, 7) is 1.84. The molecule has 0 aliphatic carbocycles. The number of carbonyl (C=O) groups is 2. The van der Waals surface area contributed by atoms with E-state index in [-0.39, 0.29) is 18.6 Å². The van der Waals surface area contributed by atoms with Crippen LogP contribution in [-0.2, 0) is 4.79 Å². The topological polar surface area (TPSA) is 93.5 Å². The van der Waals surface area contributed by atoms with Crippen molar-refractivity contribution in [3.63, 3.8) is 0 Å². The van der Waals surface area contributed by atoms with Gasteiger partial charge in [-0.1, -0.05) is 48.5 Å². The average Bonchev–Trinajstić information content (AvgIpc) is 2.59. The van der Waals surface area contributed by atoms with Crippen LogP contribution in [0.2, 0.25) is 0 Å². The molecule has 0 fully saturated rings. The Morgan fingerprint density at radius 1 is 1.00 bits per heavy atom. The first-order valence-electron chi connectivity index (χ1n) is 7.65. The van der Waals surface area contributed by atoms with E-state index in [2.05, 4.69) is 10.6 Å². The first-order valence-corrected chi connectivity index (χ1v) is 7.65. The van der Waals surface area contributed by atoms with Crippen molar-refractivity contribution in [2.45, 2.75) is 19.0 Å². The molecule has 126 valence electrons. The number of rotatable bonds is 7. The summed E-state index contributed by atoms with van der Waals surface area (Å²) >= 11 is 0. The summed E-state index contributed by atoms with van der Waals surface area (Å²) in [6, 6.07) is 17.0. The smallest absolute Gasteiger partial charge is 0.312 e. The molecular formula is C18H21N3O3. The Hall–Kier alpha value is -3.02. The maximum Gasteiger partial charge on any atom is 0.312 e. The van der Waals surface area contributed by atoms with Gasteiger partial charge in [0, 0.05) is 0 Å². The fourth-order valence-corrected chi connectivity index (χ4v) is 2.18. The van der Waals surface area contributed by atoms with Gasteiger partial charge in [-0.3, -0.25) is 4.79 Å². The van der Waals surface area contributed by atoms with E-state index in [1.165, 1.54) is 0 Å². The summed E-state index contributed by atoms with van der Waals surface area (Å²) < 4.78 is 5.76. The molecule has 0 bridgehead atoms. The average molecular weight is 327 g/mol. The van der Waals surface area contributed by atoms with E-state index in [0.717, 1.165) is 11.3 Å². The lowest BCUT2D eigenvalue weighted by atomic mass is 10.1. The second kappa shape index (κ2) is 8.57. The molecule has 24 heavy (non-hydrogen) atoms. The second-order valence-electron chi connectivity index (χ2n) is 5.33. The Morgan fingerprint density at radius 3 is 2.17 bits per heavy atom. The SMILES string of the molecule is C[C@H](NC(N)=O)C(=O)N[C@H](COc1ccccc1)c1ccccc1. The fraction of sp³-hybridized carbons (Fsp3) is 0.222. The predicted octanol–water partition coefficient (Wildman–Crippen LogP) is 1.98. The Labute approximate surface area is 141 Å². The molecule has 0 aliphatic rings. The first-order chi connectivity index (χ1) is 11.6. The van der Waals surface area contributed by atoms with Gasteiger partial charge in [0.25, 0.3) is 0 Å². The number of ether oxygens (including phenoxy) is 1. The normalized spacial score (nSPS) is 12.7. The quantitative estimate of drug-likeness (QED) is 0.726. The van der Waals surface area contributed by atoms with Crippen molar-refractivity contribution >= 4 is 11.9 Å². The van der Waals surface area contributed by atoms with Crippen molar-refractivity contribution in [2.75, 3.05) is 6.61 Å². The molecular weight excluding hydrogens is 306 g/mol. The number of benzene rings is 2. The van der Waals surface area contributed by atoms with Crippen molar-refractivity contribution in [2.24, 2.45) is 5.73 Å². The fourth-order valence-electron chi connectivity index (χ4n) is 2.18. The number of carbonyl (C=O) groups excluding carboxylic acids is 2. The van der Waals surface area contributed by atoms with Gasteiger partial charge in [-0.05, 0) is 24.6 Å². The van der Waals surface area contributed by atoms with Crippen molar-refractivity contribution in [1.29, 1.82) is 0 Å². The molecule has 6 heteroatoms. The highest BCUT2D eigenvalue weighted by Crippen LogP contribution is 2.16. The first kappa shape index (κ1) is 17.3. The largest absolute Gasteiger partial charge is 0.491 e. The van der Waals surface area contributed by atoms with E-state index in [9.17, 15) is 9.59 Å². The van der Waals surface area contributed by atoms with Gasteiger partial charge in [0.05, 0.1) is 6.04 Å². The molecule has 0 aromatic heterocycles.